The zero-order chi connectivity index (χ0) is 22.1. The Bertz CT molecular complexity index is 1250. The standard InChI is InChI=1S/C27H30N4O/c1-19-5-3-6-20-11-12-31(17-25(19)20)16-24(32)15-28-23-8-4-7-21(13-23)22-9-10-26-27(14-22)30(2)18-29-26/h3-10,13-14,18,24,28,32H,11-12,15-17H2,1-2H3. The minimum absolute atomic E-state index is 0.421. The molecule has 2 heterocycles. The number of hydrogen-bond acceptors (Lipinski definition) is 4. The second kappa shape index (κ2) is 8.77. The molecule has 2 N–H and O–H groups in total. The van der Waals surface area contributed by atoms with Crippen molar-refractivity contribution in [1.82, 2.24) is 14.5 Å². The van der Waals surface area contributed by atoms with E-state index in [-0.39, 0.29) is 0 Å². The number of nitrogens with one attached hydrogen (secondary N) is 1. The van der Waals surface area contributed by atoms with Crippen molar-refractivity contribution in [1.29, 1.82) is 0 Å². The monoisotopic (exact) mass is 426 g/mol. The fourth-order valence-electron chi connectivity index (χ4n) is 4.67. The van der Waals surface area contributed by atoms with Crippen LogP contribution in [0.1, 0.15) is 16.7 Å². The van der Waals surface area contributed by atoms with Gasteiger partial charge in [-0.15, -0.1) is 0 Å². The summed E-state index contributed by atoms with van der Waals surface area (Å²) in [5.74, 6) is 0. The highest BCUT2D eigenvalue weighted by Gasteiger charge is 2.19. The molecule has 0 aliphatic carbocycles. The molecule has 1 aliphatic rings. The molecule has 5 heteroatoms. The normalized spacial score (nSPS) is 15.0. The zero-order valence-corrected chi connectivity index (χ0v) is 18.8. The van der Waals surface area contributed by atoms with E-state index in [1.165, 1.54) is 16.7 Å². The van der Waals surface area contributed by atoms with E-state index in [9.17, 15) is 5.11 Å². The summed E-state index contributed by atoms with van der Waals surface area (Å²) in [7, 11) is 2.01. The van der Waals surface area contributed by atoms with Gasteiger partial charge in [-0.25, -0.2) is 4.98 Å². The van der Waals surface area contributed by atoms with Crippen molar-refractivity contribution in [2.24, 2.45) is 7.05 Å². The van der Waals surface area contributed by atoms with Crippen LogP contribution in [0.5, 0.6) is 0 Å². The average Bonchev–Trinajstić information content (AvgIpc) is 3.18. The largest absolute Gasteiger partial charge is 0.390 e. The van der Waals surface area contributed by atoms with Crippen LogP contribution < -0.4 is 5.32 Å². The lowest BCUT2D eigenvalue weighted by molar-refractivity contribution is 0.114. The number of aryl methyl sites for hydroxylation is 2. The Morgan fingerprint density at radius 2 is 1.91 bits per heavy atom. The quantitative estimate of drug-likeness (QED) is 0.480. The number of fused-ring (bicyclic) bond motifs is 2. The minimum Gasteiger partial charge on any atom is -0.390 e. The van der Waals surface area contributed by atoms with Crippen LogP contribution in [0.25, 0.3) is 22.2 Å². The fraction of sp³-hybridized carbons (Fsp3) is 0.296. The van der Waals surface area contributed by atoms with Gasteiger partial charge in [0, 0.05) is 38.9 Å². The summed E-state index contributed by atoms with van der Waals surface area (Å²) in [5.41, 5.74) is 9.68. The molecular formula is C27H30N4O. The number of hydrogen-bond donors (Lipinski definition) is 2. The molecule has 0 spiro atoms. The molecule has 0 saturated carbocycles. The predicted octanol–water partition coefficient (Wildman–Crippen LogP) is 4.38. The second-order valence-corrected chi connectivity index (χ2v) is 8.87. The van der Waals surface area contributed by atoms with Crippen molar-refractivity contribution in [3.05, 3.63) is 83.7 Å². The zero-order valence-electron chi connectivity index (χ0n) is 18.8. The number of benzene rings is 3. The van der Waals surface area contributed by atoms with Crippen LogP contribution in [0, 0.1) is 6.92 Å². The number of aliphatic hydroxyl groups excluding tert-OH is 1. The first-order valence-electron chi connectivity index (χ1n) is 11.3. The number of nitrogens with zero attached hydrogens (tertiary/aromatic N) is 3. The molecule has 0 amide bonds. The SMILES string of the molecule is Cc1cccc2c1CN(CC(O)CNc1cccc(-c3ccc4ncn(C)c4c3)c1)CC2. The molecule has 1 aliphatic heterocycles. The van der Waals surface area contributed by atoms with E-state index in [4.69, 9.17) is 0 Å². The Hall–Kier alpha value is -3.15. The van der Waals surface area contributed by atoms with Gasteiger partial charge in [0.05, 0.1) is 23.5 Å². The van der Waals surface area contributed by atoms with E-state index in [0.29, 0.717) is 13.1 Å². The second-order valence-electron chi connectivity index (χ2n) is 8.87. The molecule has 0 bridgehead atoms. The molecule has 0 saturated heterocycles. The number of β-amino-alcohol motifs (C(OH)–C–C–N with tert-alkyl or cyclic N) is 1. The molecule has 3 aromatic carbocycles. The lowest BCUT2D eigenvalue weighted by Gasteiger charge is -2.31. The van der Waals surface area contributed by atoms with Crippen molar-refractivity contribution in [2.75, 3.05) is 25.0 Å². The van der Waals surface area contributed by atoms with Gasteiger partial charge in [0.25, 0.3) is 0 Å². The van der Waals surface area contributed by atoms with Gasteiger partial charge in [0.1, 0.15) is 0 Å². The highest BCUT2D eigenvalue weighted by atomic mass is 16.3. The van der Waals surface area contributed by atoms with Crippen molar-refractivity contribution < 1.29 is 5.11 Å². The Morgan fingerprint density at radius 1 is 1.06 bits per heavy atom. The highest BCUT2D eigenvalue weighted by Crippen LogP contribution is 2.26. The Kier molecular flexibility index (Phi) is 5.68. The van der Waals surface area contributed by atoms with E-state index in [1.54, 1.807) is 0 Å². The predicted molar refractivity (Wildman–Crippen MR) is 131 cm³/mol. The van der Waals surface area contributed by atoms with Gasteiger partial charge in [-0.2, -0.15) is 0 Å². The summed E-state index contributed by atoms with van der Waals surface area (Å²) < 4.78 is 2.04. The van der Waals surface area contributed by atoms with Gasteiger partial charge < -0.3 is 15.0 Å². The van der Waals surface area contributed by atoms with Crippen LogP contribution in [-0.2, 0) is 20.0 Å². The molecule has 0 radical (unpaired) electrons. The lowest BCUT2D eigenvalue weighted by Crippen LogP contribution is -2.39. The maximum Gasteiger partial charge on any atom is 0.0955 e. The van der Waals surface area contributed by atoms with Crippen LogP contribution in [0.2, 0.25) is 0 Å². The molecule has 5 rings (SSSR count). The van der Waals surface area contributed by atoms with E-state index >= 15 is 0 Å². The molecule has 1 unspecified atom stereocenters. The Labute approximate surface area is 189 Å². The van der Waals surface area contributed by atoms with Gasteiger partial charge >= 0.3 is 0 Å². The van der Waals surface area contributed by atoms with Crippen LogP contribution >= 0.6 is 0 Å². The van der Waals surface area contributed by atoms with Crippen molar-refractivity contribution in [3.8, 4) is 11.1 Å². The van der Waals surface area contributed by atoms with Gasteiger partial charge in [0.2, 0.25) is 0 Å². The van der Waals surface area contributed by atoms with E-state index in [0.717, 1.165) is 47.4 Å². The van der Waals surface area contributed by atoms with Crippen LogP contribution in [0.15, 0.2) is 67.0 Å². The first kappa shape index (κ1) is 20.7. The Morgan fingerprint density at radius 3 is 2.81 bits per heavy atom. The lowest BCUT2D eigenvalue weighted by atomic mass is 9.95. The summed E-state index contributed by atoms with van der Waals surface area (Å²) in [6.07, 6.45) is 2.48. The number of aliphatic hydroxyl groups is 1. The highest BCUT2D eigenvalue weighted by molar-refractivity contribution is 5.82. The first-order valence-corrected chi connectivity index (χ1v) is 11.3. The minimum atomic E-state index is -0.421. The summed E-state index contributed by atoms with van der Waals surface area (Å²) in [6, 6.07) is 21.3. The average molecular weight is 427 g/mol. The summed E-state index contributed by atoms with van der Waals surface area (Å²) >= 11 is 0. The van der Waals surface area contributed by atoms with Gasteiger partial charge in [-0.05, 0) is 65.4 Å². The van der Waals surface area contributed by atoms with E-state index < -0.39 is 6.10 Å². The van der Waals surface area contributed by atoms with E-state index in [2.05, 4.69) is 82.8 Å². The van der Waals surface area contributed by atoms with E-state index in [1.807, 2.05) is 17.9 Å². The smallest absolute Gasteiger partial charge is 0.0955 e. The molecule has 164 valence electrons. The Balaban J connectivity index is 1.21. The van der Waals surface area contributed by atoms with Crippen molar-refractivity contribution >= 4 is 16.7 Å². The third-order valence-electron chi connectivity index (χ3n) is 6.52. The summed E-state index contributed by atoms with van der Waals surface area (Å²) in [5, 5.41) is 14.1. The number of rotatable bonds is 6. The van der Waals surface area contributed by atoms with Crippen molar-refractivity contribution in [3.63, 3.8) is 0 Å². The van der Waals surface area contributed by atoms with Crippen LogP contribution in [0.3, 0.4) is 0 Å². The molecule has 32 heavy (non-hydrogen) atoms. The number of aromatic nitrogens is 2. The molecule has 4 aromatic rings. The maximum atomic E-state index is 10.7. The van der Waals surface area contributed by atoms with Gasteiger partial charge in [-0.3, -0.25) is 4.90 Å². The summed E-state index contributed by atoms with van der Waals surface area (Å²) in [6.45, 7) is 5.31. The number of anilines is 1. The van der Waals surface area contributed by atoms with Crippen molar-refractivity contribution in [2.45, 2.75) is 26.0 Å². The third-order valence-corrected chi connectivity index (χ3v) is 6.52. The number of imidazole rings is 1. The summed E-state index contributed by atoms with van der Waals surface area (Å²) in [4.78, 5) is 6.77. The molecule has 1 aromatic heterocycles. The van der Waals surface area contributed by atoms with Crippen LogP contribution in [-0.4, -0.2) is 45.3 Å². The molecular weight excluding hydrogens is 396 g/mol. The fourth-order valence-corrected chi connectivity index (χ4v) is 4.67. The van der Waals surface area contributed by atoms with Crippen LogP contribution in [0.4, 0.5) is 5.69 Å². The topological polar surface area (TPSA) is 53.3 Å². The molecule has 5 nitrogen and oxygen atoms in total. The van der Waals surface area contributed by atoms with Gasteiger partial charge in [0.15, 0.2) is 0 Å². The molecule has 0 fully saturated rings. The first-order chi connectivity index (χ1) is 15.6. The third kappa shape index (κ3) is 4.27. The van der Waals surface area contributed by atoms with Gasteiger partial charge in [-0.1, -0.05) is 36.4 Å². The maximum absolute atomic E-state index is 10.7. The molecule has 1 atom stereocenters.